The number of rotatable bonds is 8. The highest BCUT2D eigenvalue weighted by Crippen LogP contribution is 2.44. The fourth-order valence-corrected chi connectivity index (χ4v) is 3.31. The number of hydrogen-bond acceptors (Lipinski definition) is 4. The molecule has 0 heterocycles. The number of alkyl carbamates (subject to hydrolysis) is 1. The summed E-state index contributed by atoms with van der Waals surface area (Å²) >= 11 is 0. The molecule has 0 saturated carbocycles. The van der Waals surface area contributed by atoms with E-state index in [-0.39, 0.29) is 12.5 Å². The summed E-state index contributed by atoms with van der Waals surface area (Å²) in [5.41, 5.74) is 3.76. The monoisotopic (exact) mass is 454 g/mol. The first-order chi connectivity index (χ1) is 15.0. The Morgan fingerprint density at radius 2 is 1.34 bits per heavy atom. The largest absolute Gasteiger partial charge is 0.477 e. The van der Waals surface area contributed by atoms with Crippen LogP contribution in [0.1, 0.15) is 17.0 Å². The lowest BCUT2D eigenvalue weighted by atomic mass is 9.98. The SMILES string of the molecule is O=C(NCC(F)(F)C(=O)NCC(F)(F)C(=O)O)OCC1c2ccccc2-c2ccccc21. The van der Waals surface area contributed by atoms with E-state index in [9.17, 15) is 31.9 Å². The Morgan fingerprint density at radius 1 is 0.844 bits per heavy atom. The van der Waals surface area contributed by atoms with Gasteiger partial charge in [-0.1, -0.05) is 48.5 Å². The molecule has 7 nitrogen and oxygen atoms in total. The van der Waals surface area contributed by atoms with Gasteiger partial charge in [-0.25, -0.2) is 9.59 Å². The van der Waals surface area contributed by atoms with Crippen molar-refractivity contribution >= 4 is 18.0 Å². The van der Waals surface area contributed by atoms with Crippen LogP contribution < -0.4 is 10.6 Å². The Bertz CT molecular complexity index is 999. The number of carboxylic acids is 1. The van der Waals surface area contributed by atoms with Crippen LogP contribution in [0.4, 0.5) is 22.4 Å². The van der Waals surface area contributed by atoms with E-state index in [4.69, 9.17) is 9.84 Å². The van der Waals surface area contributed by atoms with E-state index < -0.39 is 42.9 Å². The van der Waals surface area contributed by atoms with Gasteiger partial charge in [-0.3, -0.25) is 4.79 Å². The lowest BCUT2D eigenvalue weighted by Gasteiger charge is -2.19. The molecule has 32 heavy (non-hydrogen) atoms. The highest BCUT2D eigenvalue weighted by Gasteiger charge is 2.44. The van der Waals surface area contributed by atoms with Gasteiger partial charge in [0, 0.05) is 5.92 Å². The van der Waals surface area contributed by atoms with Gasteiger partial charge >= 0.3 is 23.9 Å². The first-order valence-corrected chi connectivity index (χ1v) is 9.39. The summed E-state index contributed by atoms with van der Waals surface area (Å²) in [6.45, 7) is -3.49. The molecule has 0 saturated heterocycles. The zero-order chi connectivity index (χ0) is 23.5. The van der Waals surface area contributed by atoms with Gasteiger partial charge in [-0.2, -0.15) is 17.6 Å². The molecule has 3 rings (SSSR count). The number of benzene rings is 2. The van der Waals surface area contributed by atoms with Crippen molar-refractivity contribution in [3.63, 3.8) is 0 Å². The van der Waals surface area contributed by atoms with Gasteiger partial charge in [0.05, 0.1) is 13.1 Å². The number of aliphatic carboxylic acids is 1. The lowest BCUT2D eigenvalue weighted by molar-refractivity contribution is -0.165. The smallest absolute Gasteiger partial charge is 0.407 e. The Kier molecular flexibility index (Phi) is 6.37. The number of carbonyl (C=O) groups is 3. The molecule has 170 valence electrons. The van der Waals surface area contributed by atoms with Crippen molar-refractivity contribution in [1.82, 2.24) is 10.6 Å². The van der Waals surface area contributed by atoms with Crippen LogP contribution in [0, 0.1) is 0 Å². The molecule has 3 N–H and O–H groups in total. The summed E-state index contributed by atoms with van der Waals surface area (Å²) in [6.07, 6.45) is -1.23. The summed E-state index contributed by atoms with van der Waals surface area (Å²) in [4.78, 5) is 33.6. The number of amides is 2. The molecule has 0 bridgehead atoms. The number of carbonyl (C=O) groups excluding carboxylic acids is 2. The average molecular weight is 454 g/mol. The predicted octanol–water partition coefficient (Wildman–Crippen LogP) is 3.00. The van der Waals surface area contributed by atoms with Crippen LogP contribution >= 0.6 is 0 Å². The Morgan fingerprint density at radius 3 is 1.88 bits per heavy atom. The Labute approximate surface area is 179 Å². The second kappa shape index (κ2) is 8.85. The predicted molar refractivity (Wildman–Crippen MR) is 104 cm³/mol. The summed E-state index contributed by atoms with van der Waals surface area (Å²) in [5, 5.41) is 11.1. The first kappa shape index (κ1) is 23.0. The minimum absolute atomic E-state index is 0.150. The van der Waals surface area contributed by atoms with Crippen molar-refractivity contribution in [2.45, 2.75) is 17.8 Å². The van der Waals surface area contributed by atoms with Crippen molar-refractivity contribution in [3.8, 4) is 11.1 Å². The fraction of sp³-hybridized carbons (Fsp3) is 0.286. The number of halogens is 4. The van der Waals surface area contributed by atoms with E-state index in [0.717, 1.165) is 27.6 Å². The van der Waals surface area contributed by atoms with Crippen molar-refractivity contribution in [2.75, 3.05) is 19.7 Å². The molecule has 11 heteroatoms. The van der Waals surface area contributed by atoms with Crippen LogP contribution in [-0.2, 0) is 14.3 Å². The van der Waals surface area contributed by atoms with Crippen molar-refractivity contribution < 1.29 is 41.8 Å². The van der Waals surface area contributed by atoms with Crippen LogP contribution in [0.15, 0.2) is 48.5 Å². The third kappa shape index (κ3) is 4.82. The van der Waals surface area contributed by atoms with E-state index >= 15 is 0 Å². The van der Waals surface area contributed by atoms with Gasteiger partial charge in [-0.05, 0) is 22.3 Å². The maximum atomic E-state index is 13.8. The molecule has 0 unspecified atom stereocenters. The Balaban J connectivity index is 1.54. The maximum Gasteiger partial charge on any atom is 0.407 e. The van der Waals surface area contributed by atoms with E-state index in [1.54, 1.807) is 5.32 Å². The summed E-state index contributed by atoms with van der Waals surface area (Å²) in [6, 6.07) is 15.0. The molecule has 1 aliphatic carbocycles. The fourth-order valence-electron chi connectivity index (χ4n) is 3.31. The zero-order valence-corrected chi connectivity index (χ0v) is 16.4. The standard InChI is InChI=1S/C21H18F4N2O5/c22-20(23,17(28)26-11-21(24,25)18(29)30)10-27-19(31)32-9-16-14-7-3-1-5-12(14)13-6-2-4-8-15(13)16/h1-8,16H,9-11H2,(H,26,28)(H,27,31)(H,29,30). The minimum atomic E-state index is -4.41. The molecule has 0 spiro atoms. The topological polar surface area (TPSA) is 105 Å². The van der Waals surface area contributed by atoms with Gasteiger partial charge in [0.15, 0.2) is 0 Å². The van der Waals surface area contributed by atoms with Gasteiger partial charge in [-0.15, -0.1) is 0 Å². The number of carboxylic acid groups (broad SMARTS) is 1. The van der Waals surface area contributed by atoms with E-state index in [2.05, 4.69) is 0 Å². The Hall–Kier alpha value is -3.63. The molecule has 0 radical (unpaired) electrons. The molecule has 1 aliphatic rings. The quantitative estimate of drug-likeness (QED) is 0.532. The minimum Gasteiger partial charge on any atom is -0.477 e. The van der Waals surface area contributed by atoms with E-state index in [1.807, 2.05) is 48.5 Å². The maximum absolute atomic E-state index is 13.8. The molecular weight excluding hydrogens is 436 g/mol. The molecule has 0 aromatic heterocycles. The van der Waals surface area contributed by atoms with Crippen LogP contribution in [0.25, 0.3) is 11.1 Å². The number of hydrogen-bond donors (Lipinski definition) is 3. The molecular formula is C21H18F4N2O5. The van der Waals surface area contributed by atoms with Crippen molar-refractivity contribution in [3.05, 3.63) is 59.7 Å². The van der Waals surface area contributed by atoms with Crippen LogP contribution in [-0.4, -0.2) is 54.6 Å². The number of fused-ring (bicyclic) bond motifs is 3. The lowest BCUT2D eigenvalue weighted by Crippen LogP contribution is -2.51. The molecule has 2 aromatic rings. The molecule has 0 fully saturated rings. The number of ether oxygens (including phenoxy) is 1. The van der Waals surface area contributed by atoms with Crippen molar-refractivity contribution in [2.24, 2.45) is 0 Å². The summed E-state index contributed by atoms with van der Waals surface area (Å²) in [7, 11) is 0. The highest BCUT2D eigenvalue weighted by molar-refractivity contribution is 5.85. The second-order valence-corrected chi connectivity index (χ2v) is 7.08. The van der Waals surface area contributed by atoms with Crippen molar-refractivity contribution in [1.29, 1.82) is 0 Å². The third-order valence-electron chi connectivity index (χ3n) is 4.91. The van der Waals surface area contributed by atoms with Gasteiger partial charge in [0.1, 0.15) is 6.61 Å². The molecule has 2 aromatic carbocycles. The second-order valence-electron chi connectivity index (χ2n) is 7.08. The van der Waals surface area contributed by atoms with Gasteiger partial charge in [0.25, 0.3) is 5.91 Å². The van der Waals surface area contributed by atoms with Gasteiger partial charge < -0.3 is 20.5 Å². The molecule has 0 atom stereocenters. The highest BCUT2D eigenvalue weighted by atomic mass is 19.3. The zero-order valence-electron chi connectivity index (χ0n) is 16.4. The normalized spacial score (nSPS) is 13.1. The number of nitrogens with one attached hydrogen (secondary N) is 2. The van der Waals surface area contributed by atoms with E-state index in [1.165, 1.54) is 0 Å². The third-order valence-corrected chi connectivity index (χ3v) is 4.91. The van der Waals surface area contributed by atoms with E-state index in [0.29, 0.717) is 0 Å². The molecule has 2 amide bonds. The van der Waals surface area contributed by atoms with Crippen LogP contribution in [0.2, 0.25) is 0 Å². The first-order valence-electron chi connectivity index (χ1n) is 9.39. The summed E-state index contributed by atoms with van der Waals surface area (Å²) < 4.78 is 58.5. The summed E-state index contributed by atoms with van der Waals surface area (Å²) in [5.74, 6) is -13.7. The van der Waals surface area contributed by atoms with Crippen LogP contribution in [0.5, 0.6) is 0 Å². The molecule has 0 aliphatic heterocycles. The van der Waals surface area contributed by atoms with Crippen LogP contribution in [0.3, 0.4) is 0 Å². The van der Waals surface area contributed by atoms with Gasteiger partial charge in [0.2, 0.25) is 0 Å². The number of alkyl halides is 4. The average Bonchev–Trinajstić information content (AvgIpc) is 3.08.